The maximum atomic E-state index is 13.2. The van der Waals surface area contributed by atoms with Crippen LogP contribution in [-0.4, -0.2) is 39.4 Å². The zero-order chi connectivity index (χ0) is 15.6. The molecule has 4 nitrogen and oxygen atoms in total. The van der Waals surface area contributed by atoms with Crippen molar-refractivity contribution in [2.75, 3.05) is 26.7 Å². The van der Waals surface area contributed by atoms with Gasteiger partial charge in [0.2, 0.25) is 10.0 Å². The molecule has 118 valence electrons. The van der Waals surface area contributed by atoms with Crippen molar-refractivity contribution in [1.82, 2.24) is 9.62 Å². The van der Waals surface area contributed by atoms with Gasteiger partial charge in [-0.25, -0.2) is 21.6 Å². The molecular formula is C13H17F3N2O2S. The molecule has 0 spiro atoms. The van der Waals surface area contributed by atoms with Gasteiger partial charge in [0.05, 0.1) is 4.90 Å². The highest BCUT2D eigenvalue weighted by atomic mass is 32.2. The Morgan fingerprint density at radius 3 is 2.48 bits per heavy atom. The van der Waals surface area contributed by atoms with Gasteiger partial charge >= 0.3 is 0 Å². The maximum absolute atomic E-state index is 13.2. The summed E-state index contributed by atoms with van der Waals surface area (Å²) in [6.07, 6.45) is 1.57. The van der Waals surface area contributed by atoms with Crippen LogP contribution in [0.3, 0.4) is 0 Å². The van der Waals surface area contributed by atoms with Gasteiger partial charge in [-0.2, -0.15) is 4.31 Å². The van der Waals surface area contributed by atoms with E-state index in [1.807, 2.05) is 0 Å². The minimum absolute atomic E-state index is 0.147. The summed E-state index contributed by atoms with van der Waals surface area (Å²) < 4.78 is 65.4. The third kappa shape index (κ3) is 3.38. The van der Waals surface area contributed by atoms with Crippen LogP contribution in [0.1, 0.15) is 12.8 Å². The van der Waals surface area contributed by atoms with Crippen molar-refractivity contribution in [1.29, 1.82) is 0 Å². The number of benzene rings is 1. The number of piperidine rings is 1. The van der Waals surface area contributed by atoms with E-state index in [0.717, 1.165) is 6.42 Å². The lowest BCUT2D eigenvalue weighted by atomic mass is 10.00. The van der Waals surface area contributed by atoms with Crippen LogP contribution in [0, 0.1) is 23.4 Å². The smallest absolute Gasteiger partial charge is 0.243 e. The number of nitrogens with zero attached hydrogens (tertiary/aromatic N) is 1. The Morgan fingerprint density at radius 1 is 1.29 bits per heavy atom. The highest BCUT2D eigenvalue weighted by molar-refractivity contribution is 7.89. The molecule has 8 heteroatoms. The number of sulfonamides is 1. The monoisotopic (exact) mass is 322 g/mol. The lowest BCUT2D eigenvalue weighted by Crippen LogP contribution is -2.42. The molecule has 1 heterocycles. The minimum atomic E-state index is -4.02. The van der Waals surface area contributed by atoms with Gasteiger partial charge in [-0.15, -0.1) is 0 Å². The third-order valence-corrected chi connectivity index (χ3v) is 5.41. The summed E-state index contributed by atoms with van der Waals surface area (Å²) in [6.45, 7) is 1.24. The second-order valence-corrected chi connectivity index (χ2v) is 7.07. The normalized spacial score (nSPS) is 20.7. The van der Waals surface area contributed by atoms with Gasteiger partial charge < -0.3 is 5.32 Å². The average Bonchev–Trinajstić information content (AvgIpc) is 2.45. The highest BCUT2D eigenvalue weighted by Crippen LogP contribution is 2.25. The van der Waals surface area contributed by atoms with Crippen molar-refractivity contribution in [2.45, 2.75) is 17.7 Å². The van der Waals surface area contributed by atoms with Gasteiger partial charge in [-0.05, 0) is 44.5 Å². The summed E-state index contributed by atoms with van der Waals surface area (Å²) in [4.78, 5) is -0.552. The molecule has 1 aromatic rings. The summed E-state index contributed by atoms with van der Waals surface area (Å²) >= 11 is 0. The minimum Gasteiger partial charge on any atom is -0.319 e. The summed E-state index contributed by atoms with van der Waals surface area (Å²) in [5.74, 6) is -4.52. The zero-order valence-electron chi connectivity index (χ0n) is 11.6. The molecular weight excluding hydrogens is 305 g/mol. The molecule has 0 amide bonds. The van der Waals surface area contributed by atoms with E-state index in [4.69, 9.17) is 0 Å². The molecule has 1 aliphatic heterocycles. The van der Waals surface area contributed by atoms with Crippen molar-refractivity contribution in [2.24, 2.45) is 5.92 Å². The molecule has 0 aromatic heterocycles. The maximum Gasteiger partial charge on any atom is 0.243 e. The van der Waals surface area contributed by atoms with Crippen molar-refractivity contribution in [3.8, 4) is 0 Å². The van der Waals surface area contributed by atoms with Crippen LogP contribution in [0.2, 0.25) is 0 Å². The Balaban J connectivity index is 2.29. The SMILES string of the molecule is CNCC1CCCN(S(=O)(=O)c2cc(F)c(F)c(F)c2)C1. The van der Waals surface area contributed by atoms with E-state index in [1.165, 1.54) is 4.31 Å². The van der Waals surface area contributed by atoms with Crippen LogP contribution in [0.15, 0.2) is 17.0 Å². The molecule has 1 saturated heterocycles. The molecule has 1 atom stereocenters. The fraction of sp³-hybridized carbons (Fsp3) is 0.538. The Morgan fingerprint density at radius 2 is 1.90 bits per heavy atom. The van der Waals surface area contributed by atoms with Crippen molar-refractivity contribution < 1.29 is 21.6 Å². The van der Waals surface area contributed by atoms with E-state index < -0.39 is 32.4 Å². The third-order valence-electron chi connectivity index (χ3n) is 3.57. The van der Waals surface area contributed by atoms with E-state index in [1.54, 1.807) is 7.05 Å². The van der Waals surface area contributed by atoms with Gasteiger partial charge in [0.1, 0.15) is 0 Å². The summed E-state index contributed by atoms with van der Waals surface area (Å²) in [5.41, 5.74) is 0. The quantitative estimate of drug-likeness (QED) is 0.859. The van der Waals surface area contributed by atoms with E-state index in [0.29, 0.717) is 31.6 Å². The first-order valence-corrected chi connectivity index (χ1v) is 8.09. The number of hydrogen-bond acceptors (Lipinski definition) is 3. The van der Waals surface area contributed by atoms with Crippen molar-refractivity contribution in [3.05, 3.63) is 29.6 Å². The van der Waals surface area contributed by atoms with Crippen LogP contribution >= 0.6 is 0 Å². The second kappa shape index (κ2) is 6.33. The first-order chi connectivity index (χ1) is 9.86. The summed E-state index contributed by atoms with van der Waals surface area (Å²) in [7, 11) is -2.24. The van der Waals surface area contributed by atoms with Gasteiger partial charge in [0, 0.05) is 13.1 Å². The van der Waals surface area contributed by atoms with Gasteiger partial charge in [0.15, 0.2) is 17.5 Å². The number of rotatable bonds is 4. The number of halogens is 3. The Labute approximate surface area is 122 Å². The molecule has 2 rings (SSSR count). The van der Waals surface area contributed by atoms with Crippen LogP contribution < -0.4 is 5.32 Å². The lowest BCUT2D eigenvalue weighted by Gasteiger charge is -2.31. The Hall–Kier alpha value is -1.12. The summed E-state index contributed by atoms with van der Waals surface area (Å²) in [5, 5.41) is 2.98. The number of hydrogen-bond donors (Lipinski definition) is 1. The molecule has 0 bridgehead atoms. The lowest BCUT2D eigenvalue weighted by molar-refractivity contribution is 0.263. The predicted molar refractivity (Wildman–Crippen MR) is 71.7 cm³/mol. The first kappa shape index (κ1) is 16.3. The molecule has 1 aromatic carbocycles. The fourth-order valence-corrected chi connectivity index (χ4v) is 4.11. The molecule has 0 radical (unpaired) electrons. The van der Waals surface area contributed by atoms with Crippen LogP contribution in [-0.2, 0) is 10.0 Å². The average molecular weight is 322 g/mol. The molecule has 0 saturated carbocycles. The Kier molecular flexibility index (Phi) is 4.90. The standard InChI is InChI=1S/C13H17F3N2O2S/c1-17-7-9-3-2-4-18(8-9)21(19,20)10-5-11(14)13(16)12(15)6-10/h5-6,9,17H,2-4,7-8H2,1H3. The van der Waals surface area contributed by atoms with Crippen molar-refractivity contribution >= 4 is 10.0 Å². The molecule has 1 unspecified atom stereocenters. The van der Waals surface area contributed by atoms with Crippen molar-refractivity contribution in [3.63, 3.8) is 0 Å². The number of nitrogens with one attached hydrogen (secondary N) is 1. The summed E-state index contributed by atoms with van der Waals surface area (Å²) in [6, 6.07) is 1.05. The highest BCUT2D eigenvalue weighted by Gasteiger charge is 2.31. The van der Waals surface area contributed by atoms with Gasteiger partial charge in [-0.1, -0.05) is 0 Å². The molecule has 21 heavy (non-hydrogen) atoms. The topological polar surface area (TPSA) is 49.4 Å². The largest absolute Gasteiger partial charge is 0.319 e. The molecule has 1 fully saturated rings. The van der Waals surface area contributed by atoms with Gasteiger partial charge in [-0.3, -0.25) is 0 Å². The van der Waals surface area contributed by atoms with E-state index in [-0.39, 0.29) is 12.5 Å². The second-order valence-electron chi connectivity index (χ2n) is 5.13. The molecule has 1 aliphatic rings. The van der Waals surface area contributed by atoms with E-state index >= 15 is 0 Å². The predicted octanol–water partition coefficient (Wildman–Crippen LogP) is 1.72. The Bertz CT molecular complexity index is 597. The first-order valence-electron chi connectivity index (χ1n) is 6.65. The van der Waals surface area contributed by atoms with Crippen LogP contribution in [0.4, 0.5) is 13.2 Å². The van der Waals surface area contributed by atoms with Crippen LogP contribution in [0.5, 0.6) is 0 Å². The van der Waals surface area contributed by atoms with E-state index in [9.17, 15) is 21.6 Å². The fourth-order valence-electron chi connectivity index (χ4n) is 2.53. The van der Waals surface area contributed by atoms with Gasteiger partial charge in [0.25, 0.3) is 0 Å². The molecule has 0 aliphatic carbocycles. The zero-order valence-corrected chi connectivity index (χ0v) is 12.4. The molecule has 1 N–H and O–H groups in total. The van der Waals surface area contributed by atoms with E-state index in [2.05, 4.69) is 5.32 Å². The van der Waals surface area contributed by atoms with Crippen LogP contribution in [0.25, 0.3) is 0 Å².